The van der Waals surface area contributed by atoms with Gasteiger partial charge in [0, 0.05) is 22.8 Å². The van der Waals surface area contributed by atoms with E-state index in [-0.39, 0.29) is 11.8 Å². The highest BCUT2D eigenvalue weighted by Crippen LogP contribution is 2.48. The fourth-order valence-corrected chi connectivity index (χ4v) is 6.53. The molecular formula is C28H24N2O2S3. The number of hydrogen-bond acceptors (Lipinski definition) is 5. The van der Waals surface area contributed by atoms with Crippen molar-refractivity contribution in [3.8, 4) is 0 Å². The van der Waals surface area contributed by atoms with Crippen LogP contribution in [0.2, 0.25) is 0 Å². The highest BCUT2D eigenvalue weighted by molar-refractivity contribution is 8.26. The van der Waals surface area contributed by atoms with Crippen molar-refractivity contribution in [1.82, 2.24) is 4.90 Å². The van der Waals surface area contributed by atoms with Crippen LogP contribution in [-0.4, -0.2) is 27.6 Å². The highest BCUT2D eigenvalue weighted by Gasteiger charge is 2.32. The molecule has 0 bridgehead atoms. The summed E-state index contributed by atoms with van der Waals surface area (Å²) in [5.41, 5.74) is 4.06. The lowest BCUT2D eigenvalue weighted by Crippen LogP contribution is -2.32. The van der Waals surface area contributed by atoms with Crippen molar-refractivity contribution in [2.75, 3.05) is 11.4 Å². The molecule has 0 N–H and O–H groups in total. The Hall–Kier alpha value is -2.87. The first kappa shape index (κ1) is 23.9. The van der Waals surface area contributed by atoms with Gasteiger partial charge in [0.25, 0.3) is 5.91 Å². The maximum absolute atomic E-state index is 13.4. The number of para-hydroxylation sites is 2. The van der Waals surface area contributed by atoms with E-state index in [1.165, 1.54) is 17.3 Å². The quantitative estimate of drug-likeness (QED) is 0.259. The lowest BCUT2D eigenvalue weighted by molar-refractivity contribution is -0.123. The van der Waals surface area contributed by atoms with Gasteiger partial charge in [-0.3, -0.25) is 19.4 Å². The van der Waals surface area contributed by atoms with Crippen LogP contribution in [0.3, 0.4) is 0 Å². The summed E-state index contributed by atoms with van der Waals surface area (Å²) in [4.78, 5) is 32.6. The summed E-state index contributed by atoms with van der Waals surface area (Å²) >= 11 is 8.49. The van der Waals surface area contributed by atoms with Gasteiger partial charge in [0.2, 0.25) is 5.91 Å². The number of thioether (sulfide) groups is 1. The van der Waals surface area contributed by atoms with Crippen molar-refractivity contribution < 1.29 is 9.59 Å². The third kappa shape index (κ3) is 4.94. The predicted molar refractivity (Wildman–Crippen MR) is 149 cm³/mol. The minimum atomic E-state index is -0.0860. The van der Waals surface area contributed by atoms with Crippen LogP contribution in [-0.2, 0) is 16.0 Å². The van der Waals surface area contributed by atoms with Gasteiger partial charge in [-0.05, 0) is 54.3 Å². The maximum Gasteiger partial charge on any atom is 0.266 e. The van der Waals surface area contributed by atoms with Crippen molar-refractivity contribution >= 4 is 69.3 Å². The first-order chi connectivity index (χ1) is 17.0. The Kier molecular flexibility index (Phi) is 7.09. The van der Waals surface area contributed by atoms with Crippen LogP contribution in [0.5, 0.6) is 0 Å². The molecule has 176 valence electrons. The molecule has 7 heteroatoms. The number of amides is 2. The Morgan fingerprint density at radius 2 is 1.54 bits per heavy atom. The van der Waals surface area contributed by atoms with Crippen molar-refractivity contribution in [1.29, 1.82) is 0 Å². The average Bonchev–Trinajstić information content (AvgIpc) is 3.14. The monoisotopic (exact) mass is 516 g/mol. The second-order valence-electron chi connectivity index (χ2n) is 8.30. The molecule has 2 heterocycles. The number of thiocarbonyl (C=S) groups is 1. The van der Waals surface area contributed by atoms with Gasteiger partial charge < -0.3 is 0 Å². The van der Waals surface area contributed by atoms with Gasteiger partial charge in [0.1, 0.15) is 4.32 Å². The van der Waals surface area contributed by atoms with Gasteiger partial charge in [-0.25, -0.2) is 0 Å². The van der Waals surface area contributed by atoms with E-state index < -0.39 is 0 Å². The molecule has 2 amide bonds. The van der Waals surface area contributed by atoms with Crippen LogP contribution in [0.1, 0.15) is 30.9 Å². The smallest absolute Gasteiger partial charge is 0.266 e. The molecule has 0 aliphatic carbocycles. The number of carbonyl (C=O) groups is 2. The fourth-order valence-electron chi connectivity index (χ4n) is 4.17. The number of aryl methyl sites for hydroxylation is 1. The lowest BCUT2D eigenvalue weighted by atomic mass is 10.1. The van der Waals surface area contributed by atoms with Crippen LogP contribution >= 0.6 is 35.7 Å². The van der Waals surface area contributed by atoms with E-state index in [1.54, 1.807) is 16.7 Å². The number of hydrogen-bond donors (Lipinski definition) is 0. The standard InChI is InChI=1S/C28H24N2O2S3/c1-2-19-13-15-20(16-14-19)18-25-27(32)29(28(33)35-25)17-7-12-26(31)30-21-8-3-5-10-23(21)34-24-11-6-4-9-22(24)30/h3-6,8-11,13-16,18H,2,7,12,17H2,1H3. The first-order valence-corrected chi connectivity index (χ1v) is 13.6. The zero-order chi connectivity index (χ0) is 24.4. The third-order valence-electron chi connectivity index (χ3n) is 6.01. The summed E-state index contributed by atoms with van der Waals surface area (Å²) in [7, 11) is 0. The Balaban J connectivity index is 1.26. The Morgan fingerprint density at radius 3 is 2.17 bits per heavy atom. The van der Waals surface area contributed by atoms with Gasteiger partial charge in [0.05, 0.1) is 16.3 Å². The van der Waals surface area contributed by atoms with E-state index in [0.29, 0.717) is 28.6 Å². The van der Waals surface area contributed by atoms with E-state index in [1.807, 2.05) is 71.6 Å². The van der Waals surface area contributed by atoms with Gasteiger partial charge in [-0.2, -0.15) is 0 Å². The van der Waals surface area contributed by atoms with Crippen LogP contribution in [0.25, 0.3) is 6.08 Å². The number of anilines is 2. The number of benzene rings is 3. The fraction of sp³-hybridized carbons (Fsp3) is 0.179. The molecule has 4 nitrogen and oxygen atoms in total. The van der Waals surface area contributed by atoms with Crippen molar-refractivity contribution in [3.63, 3.8) is 0 Å². The minimum Gasteiger partial charge on any atom is -0.293 e. The molecule has 0 aromatic heterocycles. The van der Waals surface area contributed by atoms with Crippen molar-refractivity contribution in [2.45, 2.75) is 36.0 Å². The van der Waals surface area contributed by atoms with Gasteiger partial charge in [-0.15, -0.1) is 0 Å². The lowest BCUT2D eigenvalue weighted by Gasteiger charge is -2.31. The first-order valence-electron chi connectivity index (χ1n) is 11.6. The van der Waals surface area contributed by atoms with Gasteiger partial charge >= 0.3 is 0 Å². The second kappa shape index (κ2) is 10.4. The number of rotatable bonds is 6. The van der Waals surface area contributed by atoms with Crippen LogP contribution < -0.4 is 4.90 Å². The Morgan fingerprint density at radius 1 is 0.914 bits per heavy atom. The van der Waals surface area contributed by atoms with E-state index in [0.717, 1.165) is 33.2 Å². The summed E-state index contributed by atoms with van der Waals surface area (Å²) in [6.07, 6.45) is 3.73. The Bertz CT molecular complexity index is 1290. The van der Waals surface area contributed by atoms with Crippen LogP contribution in [0.4, 0.5) is 11.4 Å². The second-order valence-corrected chi connectivity index (χ2v) is 11.1. The summed E-state index contributed by atoms with van der Waals surface area (Å²) in [6.45, 7) is 2.54. The third-order valence-corrected chi connectivity index (χ3v) is 8.52. The SMILES string of the molecule is CCc1ccc(C=C2SC(=S)N(CCCC(=O)N3c4ccccc4Sc4ccccc43)C2=O)cc1. The summed E-state index contributed by atoms with van der Waals surface area (Å²) in [5.74, 6) is -0.0701. The summed E-state index contributed by atoms with van der Waals surface area (Å²) < 4.78 is 0.545. The summed E-state index contributed by atoms with van der Waals surface area (Å²) in [6, 6.07) is 24.1. The van der Waals surface area contributed by atoms with Crippen molar-refractivity contribution in [3.05, 3.63) is 88.8 Å². The molecule has 35 heavy (non-hydrogen) atoms. The molecule has 0 saturated carbocycles. The largest absolute Gasteiger partial charge is 0.293 e. The van der Waals surface area contributed by atoms with E-state index in [4.69, 9.17) is 12.2 Å². The molecular weight excluding hydrogens is 493 g/mol. The van der Waals surface area contributed by atoms with Gasteiger partial charge in [-0.1, -0.05) is 91.2 Å². The predicted octanol–water partition coefficient (Wildman–Crippen LogP) is 7.06. The van der Waals surface area contributed by atoms with E-state index in [9.17, 15) is 9.59 Å². The normalized spacial score (nSPS) is 16.0. The van der Waals surface area contributed by atoms with Crippen LogP contribution in [0.15, 0.2) is 87.5 Å². The molecule has 1 saturated heterocycles. The molecule has 0 spiro atoms. The molecule has 5 rings (SSSR count). The number of carbonyl (C=O) groups excluding carboxylic acids is 2. The summed E-state index contributed by atoms with van der Waals surface area (Å²) in [5, 5.41) is 0. The average molecular weight is 517 g/mol. The number of nitrogens with zero attached hydrogens (tertiary/aromatic N) is 2. The molecule has 0 unspecified atom stereocenters. The van der Waals surface area contributed by atoms with Crippen LogP contribution in [0, 0.1) is 0 Å². The zero-order valence-electron chi connectivity index (χ0n) is 19.3. The molecule has 2 aliphatic heterocycles. The van der Waals surface area contributed by atoms with Crippen molar-refractivity contribution in [2.24, 2.45) is 0 Å². The highest BCUT2D eigenvalue weighted by atomic mass is 32.2. The number of fused-ring (bicyclic) bond motifs is 2. The topological polar surface area (TPSA) is 40.6 Å². The molecule has 1 fully saturated rings. The maximum atomic E-state index is 13.4. The van der Waals surface area contributed by atoms with E-state index in [2.05, 4.69) is 19.1 Å². The Labute approximate surface area is 219 Å². The molecule has 3 aromatic rings. The van der Waals surface area contributed by atoms with Gasteiger partial charge in [0.15, 0.2) is 0 Å². The van der Waals surface area contributed by atoms with E-state index >= 15 is 0 Å². The minimum absolute atomic E-state index is 0.0159. The molecule has 0 radical (unpaired) electrons. The molecule has 0 atom stereocenters. The molecule has 2 aliphatic rings. The zero-order valence-corrected chi connectivity index (χ0v) is 21.7. The molecule has 3 aromatic carbocycles.